The van der Waals surface area contributed by atoms with Crippen molar-refractivity contribution < 1.29 is 4.74 Å². The normalized spacial score (nSPS) is 13.5. The first kappa shape index (κ1) is 16.2. The summed E-state index contributed by atoms with van der Waals surface area (Å²) in [6, 6.07) is 10.6. The SMILES string of the molecule is CCC(C)(C)NCC(C)OCCCc1ccccc1. The molecule has 1 N–H and O–H groups in total. The van der Waals surface area contributed by atoms with Gasteiger partial charge in [-0.05, 0) is 45.6 Å². The third kappa shape index (κ3) is 7.34. The lowest BCUT2D eigenvalue weighted by Gasteiger charge is -2.26. The Morgan fingerprint density at radius 1 is 1.21 bits per heavy atom. The molecule has 2 nitrogen and oxygen atoms in total. The quantitative estimate of drug-likeness (QED) is 0.684. The molecule has 0 radical (unpaired) electrons. The second-order valence-electron chi connectivity index (χ2n) is 5.89. The third-order valence-electron chi connectivity index (χ3n) is 3.61. The van der Waals surface area contributed by atoms with Crippen molar-refractivity contribution in [2.75, 3.05) is 13.2 Å². The topological polar surface area (TPSA) is 21.3 Å². The van der Waals surface area contributed by atoms with Gasteiger partial charge in [0.05, 0.1) is 6.10 Å². The Morgan fingerprint density at radius 2 is 1.89 bits per heavy atom. The average Bonchev–Trinajstić information content (AvgIpc) is 2.43. The first-order chi connectivity index (χ1) is 9.03. The average molecular weight is 263 g/mol. The van der Waals surface area contributed by atoms with E-state index in [9.17, 15) is 0 Å². The Kier molecular flexibility index (Phi) is 7.11. The maximum atomic E-state index is 5.84. The lowest BCUT2D eigenvalue weighted by Crippen LogP contribution is -2.42. The smallest absolute Gasteiger partial charge is 0.0671 e. The molecule has 0 spiro atoms. The molecule has 0 aliphatic carbocycles. The third-order valence-corrected chi connectivity index (χ3v) is 3.61. The highest BCUT2D eigenvalue weighted by molar-refractivity contribution is 5.14. The molecule has 1 unspecified atom stereocenters. The Balaban J connectivity index is 2.09. The molecule has 19 heavy (non-hydrogen) atoms. The van der Waals surface area contributed by atoms with Crippen LogP contribution < -0.4 is 5.32 Å². The molecule has 1 aromatic rings. The van der Waals surface area contributed by atoms with Crippen LogP contribution in [0, 0.1) is 0 Å². The highest BCUT2D eigenvalue weighted by Gasteiger charge is 2.14. The van der Waals surface area contributed by atoms with E-state index in [4.69, 9.17) is 4.74 Å². The van der Waals surface area contributed by atoms with Crippen molar-refractivity contribution in [2.45, 2.75) is 58.6 Å². The summed E-state index contributed by atoms with van der Waals surface area (Å²) in [4.78, 5) is 0. The Bertz CT molecular complexity index is 334. The molecule has 0 heterocycles. The summed E-state index contributed by atoms with van der Waals surface area (Å²) in [6.07, 6.45) is 3.60. The summed E-state index contributed by atoms with van der Waals surface area (Å²) in [7, 11) is 0. The van der Waals surface area contributed by atoms with Crippen molar-refractivity contribution in [1.29, 1.82) is 0 Å². The number of aryl methyl sites for hydroxylation is 1. The zero-order valence-corrected chi connectivity index (χ0v) is 12.9. The molecule has 0 fully saturated rings. The second-order valence-corrected chi connectivity index (χ2v) is 5.89. The molecular formula is C17H29NO. The van der Waals surface area contributed by atoms with Gasteiger partial charge in [0.2, 0.25) is 0 Å². The van der Waals surface area contributed by atoms with Crippen LogP contribution in [0.3, 0.4) is 0 Å². The van der Waals surface area contributed by atoms with Crippen molar-refractivity contribution in [1.82, 2.24) is 5.32 Å². The molecule has 0 aromatic heterocycles. The van der Waals surface area contributed by atoms with Gasteiger partial charge in [-0.25, -0.2) is 0 Å². The number of nitrogens with one attached hydrogen (secondary N) is 1. The zero-order valence-electron chi connectivity index (χ0n) is 12.9. The van der Waals surface area contributed by atoms with Gasteiger partial charge >= 0.3 is 0 Å². The maximum Gasteiger partial charge on any atom is 0.0671 e. The Hall–Kier alpha value is -0.860. The van der Waals surface area contributed by atoms with E-state index in [1.54, 1.807) is 0 Å². The van der Waals surface area contributed by atoms with Crippen molar-refractivity contribution in [2.24, 2.45) is 0 Å². The molecule has 108 valence electrons. The van der Waals surface area contributed by atoms with Crippen LogP contribution in [0.4, 0.5) is 0 Å². The van der Waals surface area contributed by atoms with Gasteiger partial charge < -0.3 is 10.1 Å². The van der Waals surface area contributed by atoms with Crippen LogP contribution in [0.25, 0.3) is 0 Å². The summed E-state index contributed by atoms with van der Waals surface area (Å²) in [6.45, 7) is 10.6. The summed E-state index contributed by atoms with van der Waals surface area (Å²) in [5, 5.41) is 3.54. The molecule has 0 amide bonds. The van der Waals surface area contributed by atoms with Crippen LogP contribution in [0.5, 0.6) is 0 Å². The molecule has 0 saturated carbocycles. The van der Waals surface area contributed by atoms with Crippen LogP contribution in [0.15, 0.2) is 30.3 Å². The molecule has 1 atom stereocenters. The van der Waals surface area contributed by atoms with E-state index < -0.39 is 0 Å². The Morgan fingerprint density at radius 3 is 2.53 bits per heavy atom. The molecule has 2 heteroatoms. The number of hydrogen-bond donors (Lipinski definition) is 1. The molecule has 0 aliphatic heterocycles. The van der Waals surface area contributed by atoms with Gasteiger partial charge in [0.25, 0.3) is 0 Å². The van der Waals surface area contributed by atoms with Crippen molar-refractivity contribution >= 4 is 0 Å². The van der Waals surface area contributed by atoms with Crippen molar-refractivity contribution in [3.05, 3.63) is 35.9 Å². The number of ether oxygens (including phenoxy) is 1. The summed E-state index contributed by atoms with van der Waals surface area (Å²) in [5.74, 6) is 0. The second kappa shape index (κ2) is 8.34. The highest BCUT2D eigenvalue weighted by Crippen LogP contribution is 2.07. The fourth-order valence-electron chi connectivity index (χ4n) is 1.81. The van der Waals surface area contributed by atoms with Crippen molar-refractivity contribution in [3.63, 3.8) is 0 Å². The fourth-order valence-corrected chi connectivity index (χ4v) is 1.81. The summed E-state index contributed by atoms with van der Waals surface area (Å²) in [5.41, 5.74) is 1.60. The molecule has 1 rings (SSSR count). The van der Waals surface area contributed by atoms with E-state index in [2.05, 4.69) is 63.3 Å². The monoisotopic (exact) mass is 263 g/mol. The van der Waals surface area contributed by atoms with E-state index in [0.717, 1.165) is 32.4 Å². The van der Waals surface area contributed by atoms with Crippen LogP contribution in [0.1, 0.15) is 46.1 Å². The van der Waals surface area contributed by atoms with Crippen LogP contribution in [-0.2, 0) is 11.2 Å². The number of hydrogen-bond acceptors (Lipinski definition) is 2. The fraction of sp³-hybridized carbons (Fsp3) is 0.647. The van der Waals surface area contributed by atoms with E-state index in [1.807, 2.05) is 0 Å². The van der Waals surface area contributed by atoms with Gasteiger partial charge in [0.1, 0.15) is 0 Å². The molecule has 0 bridgehead atoms. The Labute approximate surface area is 118 Å². The van der Waals surface area contributed by atoms with Gasteiger partial charge in [-0.1, -0.05) is 37.3 Å². The maximum absolute atomic E-state index is 5.84. The minimum absolute atomic E-state index is 0.210. The molecule has 0 saturated heterocycles. The summed E-state index contributed by atoms with van der Waals surface area (Å²) < 4.78 is 5.84. The largest absolute Gasteiger partial charge is 0.377 e. The predicted molar refractivity (Wildman–Crippen MR) is 82.5 cm³/mol. The van der Waals surface area contributed by atoms with E-state index in [0.29, 0.717) is 0 Å². The first-order valence-electron chi connectivity index (χ1n) is 7.44. The zero-order chi connectivity index (χ0) is 14.1. The standard InChI is InChI=1S/C17H29NO/c1-5-17(3,4)18-14-15(2)19-13-9-12-16-10-7-6-8-11-16/h6-8,10-11,15,18H,5,9,12-14H2,1-4H3. The molecule has 1 aromatic carbocycles. The van der Waals surface area contributed by atoms with Gasteiger partial charge in [-0.3, -0.25) is 0 Å². The summed E-state index contributed by atoms with van der Waals surface area (Å²) >= 11 is 0. The molecule has 0 aliphatic rings. The molecular weight excluding hydrogens is 234 g/mol. The van der Waals surface area contributed by atoms with Crippen LogP contribution in [-0.4, -0.2) is 24.8 Å². The lowest BCUT2D eigenvalue weighted by molar-refractivity contribution is 0.0591. The van der Waals surface area contributed by atoms with Crippen LogP contribution >= 0.6 is 0 Å². The number of rotatable bonds is 9. The number of benzene rings is 1. The minimum Gasteiger partial charge on any atom is -0.377 e. The first-order valence-corrected chi connectivity index (χ1v) is 7.44. The van der Waals surface area contributed by atoms with Gasteiger partial charge in [0, 0.05) is 18.7 Å². The van der Waals surface area contributed by atoms with Crippen LogP contribution in [0.2, 0.25) is 0 Å². The predicted octanol–water partition coefficient (Wildman–Crippen LogP) is 3.80. The lowest BCUT2D eigenvalue weighted by atomic mass is 10.0. The van der Waals surface area contributed by atoms with E-state index in [1.165, 1.54) is 5.56 Å². The van der Waals surface area contributed by atoms with Crippen molar-refractivity contribution in [3.8, 4) is 0 Å². The minimum atomic E-state index is 0.210. The van der Waals surface area contributed by atoms with Gasteiger partial charge in [-0.2, -0.15) is 0 Å². The van der Waals surface area contributed by atoms with Gasteiger partial charge in [0.15, 0.2) is 0 Å². The van der Waals surface area contributed by atoms with E-state index >= 15 is 0 Å². The highest BCUT2D eigenvalue weighted by atomic mass is 16.5. The van der Waals surface area contributed by atoms with Gasteiger partial charge in [-0.15, -0.1) is 0 Å². The van der Waals surface area contributed by atoms with E-state index in [-0.39, 0.29) is 11.6 Å².